The monoisotopic (exact) mass is 314 g/mol. The molecule has 6 heteroatoms. The lowest BCUT2D eigenvalue weighted by Gasteiger charge is -2.17. The van der Waals surface area contributed by atoms with Gasteiger partial charge < -0.3 is 10.2 Å². The van der Waals surface area contributed by atoms with Crippen molar-refractivity contribution in [2.45, 2.75) is 25.9 Å². The van der Waals surface area contributed by atoms with Gasteiger partial charge in [0.15, 0.2) is 0 Å². The molecule has 0 aromatic heterocycles. The van der Waals surface area contributed by atoms with E-state index < -0.39 is 12.6 Å². The van der Waals surface area contributed by atoms with E-state index in [-0.39, 0.29) is 18.4 Å². The Morgan fingerprint density at radius 2 is 2.18 bits per heavy atom. The zero-order valence-electron chi connectivity index (χ0n) is 12.6. The van der Waals surface area contributed by atoms with Crippen molar-refractivity contribution in [3.8, 4) is 0 Å². The number of nitrogens with one attached hydrogen (secondary N) is 1. The highest BCUT2D eigenvalue weighted by molar-refractivity contribution is 5.94. The third-order valence-electron chi connectivity index (χ3n) is 3.91. The van der Waals surface area contributed by atoms with Crippen molar-refractivity contribution in [1.29, 1.82) is 0 Å². The van der Waals surface area contributed by atoms with Crippen LogP contribution in [0.15, 0.2) is 24.3 Å². The van der Waals surface area contributed by atoms with Gasteiger partial charge in [-0.15, -0.1) is 0 Å². The summed E-state index contributed by atoms with van der Waals surface area (Å²) in [5.74, 6) is 0.0967. The molecule has 1 saturated heterocycles. The average Bonchev–Trinajstić information content (AvgIpc) is 2.90. The van der Waals surface area contributed by atoms with Crippen molar-refractivity contribution in [2.24, 2.45) is 5.92 Å². The van der Waals surface area contributed by atoms with Crippen LogP contribution in [0.2, 0.25) is 0 Å². The smallest absolute Gasteiger partial charge is 0.352 e. The van der Waals surface area contributed by atoms with E-state index in [1.165, 1.54) is 0 Å². The summed E-state index contributed by atoms with van der Waals surface area (Å²) in [6.07, 6.45) is -4.04. The minimum absolute atomic E-state index is 0.0474. The van der Waals surface area contributed by atoms with Crippen LogP contribution in [0.25, 0.3) is 0 Å². The van der Waals surface area contributed by atoms with Gasteiger partial charge in [-0.1, -0.05) is 17.7 Å². The van der Waals surface area contributed by atoms with E-state index in [4.69, 9.17) is 0 Å². The van der Waals surface area contributed by atoms with E-state index in [2.05, 4.69) is 5.32 Å². The second-order valence-corrected chi connectivity index (χ2v) is 5.90. The van der Waals surface area contributed by atoms with Gasteiger partial charge >= 0.3 is 6.18 Å². The van der Waals surface area contributed by atoms with Crippen LogP contribution < -0.4 is 5.32 Å². The number of hydrogen-bond acceptors (Lipinski definition) is 2. The van der Waals surface area contributed by atoms with Gasteiger partial charge in [-0.2, -0.15) is 13.2 Å². The quantitative estimate of drug-likeness (QED) is 0.906. The fourth-order valence-electron chi connectivity index (χ4n) is 2.69. The largest absolute Gasteiger partial charge is 0.390 e. The number of carbonyl (C=O) groups is 1. The molecule has 3 nitrogen and oxygen atoms in total. The lowest BCUT2D eigenvalue weighted by molar-refractivity contribution is -0.137. The molecule has 22 heavy (non-hydrogen) atoms. The molecule has 2 rings (SSSR count). The lowest BCUT2D eigenvalue weighted by Crippen LogP contribution is -2.32. The first-order valence-corrected chi connectivity index (χ1v) is 7.47. The number of rotatable bonds is 5. The number of nitrogens with zero attached hydrogens (tertiary/aromatic N) is 1. The first kappa shape index (κ1) is 16.8. The molecule has 1 aromatic carbocycles. The number of alkyl halides is 3. The Hall–Kier alpha value is -1.56. The second-order valence-electron chi connectivity index (χ2n) is 5.90. The standard InChI is InChI=1S/C16H21F3N2O/c1-12-3-2-4-14(9-12)15(22)20-10-13-5-7-21(11-13)8-6-16(17,18)19/h2-4,9,13H,5-8,10-11H2,1H3,(H,20,22). The third-order valence-corrected chi connectivity index (χ3v) is 3.91. The minimum atomic E-state index is -4.10. The van der Waals surface area contributed by atoms with Crippen LogP contribution in [-0.4, -0.2) is 43.2 Å². The number of halogens is 3. The molecule has 1 N–H and O–H groups in total. The summed E-state index contributed by atoms with van der Waals surface area (Å²) in [5, 5.41) is 2.87. The molecule has 1 aromatic rings. The molecular formula is C16H21F3N2O. The van der Waals surface area contributed by atoms with Crippen LogP contribution >= 0.6 is 0 Å². The number of benzene rings is 1. The Bertz CT molecular complexity index is 516. The van der Waals surface area contributed by atoms with Crippen LogP contribution in [0.1, 0.15) is 28.8 Å². The molecule has 1 unspecified atom stereocenters. The molecule has 1 heterocycles. The number of hydrogen-bond donors (Lipinski definition) is 1. The maximum absolute atomic E-state index is 12.2. The molecule has 122 valence electrons. The SMILES string of the molecule is Cc1cccc(C(=O)NCC2CCN(CCC(F)(F)F)C2)c1. The third kappa shape index (κ3) is 5.33. The highest BCUT2D eigenvalue weighted by atomic mass is 19.4. The first-order chi connectivity index (χ1) is 10.3. The summed E-state index contributed by atoms with van der Waals surface area (Å²) in [6, 6.07) is 7.33. The van der Waals surface area contributed by atoms with Crippen molar-refractivity contribution in [3.63, 3.8) is 0 Å². The average molecular weight is 314 g/mol. The van der Waals surface area contributed by atoms with E-state index >= 15 is 0 Å². The topological polar surface area (TPSA) is 32.3 Å². The molecule has 0 saturated carbocycles. The first-order valence-electron chi connectivity index (χ1n) is 7.47. The van der Waals surface area contributed by atoms with E-state index in [9.17, 15) is 18.0 Å². The van der Waals surface area contributed by atoms with Gasteiger partial charge in [-0.25, -0.2) is 0 Å². The Kier molecular flexibility index (Phi) is 5.45. The van der Waals surface area contributed by atoms with Gasteiger partial charge in [-0.05, 0) is 37.9 Å². The molecule has 0 aliphatic carbocycles. The highest BCUT2D eigenvalue weighted by Gasteiger charge is 2.30. The fraction of sp³-hybridized carbons (Fsp3) is 0.562. The second kappa shape index (κ2) is 7.13. The Morgan fingerprint density at radius 3 is 2.86 bits per heavy atom. The number of aryl methyl sites for hydroxylation is 1. The van der Waals surface area contributed by atoms with E-state index in [1.54, 1.807) is 6.07 Å². The van der Waals surface area contributed by atoms with E-state index in [1.807, 2.05) is 30.0 Å². The molecule has 1 amide bonds. The van der Waals surface area contributed by atoms with Gasteiger partial charge in [-0.3, -0.25) is 4.79 Å². The maximum atomic E-state index is 12.2. The lowest BCUT2D eigenvalue weighted by atomic mass is 10.1. The molecule has 0 spiro atoms. The zero-order valence-corrected chi connectivity index (χ0v) is 12.6. The zero-order chi connectivity index (χ0) is 16.2. The molecule has 1 aliphatic heterocycles. The summed E-state index contributed by atoms with van der Waals surface area (Å²) in [4.78, 5) is 13.8. The van der Waals surface area contributed by atoms with Crippen LogP contribution in [0, 0.1) is 12.8 Å². The van der Waals surface area contributed by atoms with E-state index in [0.29, 0.717) is 25.2 Å². The Balaban J connectivity index is 1.73. The molecular weight excluding hydrogens is 293 g/mol. The van der Waals surface area contributed by atoms with Crippen molar-refractivity contribution >= 4 is 5.91 Å². The fourth-order valence-corrected chi connectivity index (χ4v) is 2.69. The summed E-state index contributed by atoms with van der Waals surface area (Å²) < 4.78 is 36.6. The van der Waals surface area contributed by atoms with Crippen molar-refractivity contribution in [1.82, 2.24) is 10.2 Å². The Labute approximate surface area is 128 Å². The number of carbonyl (C=O) groups excluding carboxylic acids is 1. The number of likely N-dealkylation sites (tertiary alicyclic amines) is 1. The summed E-state index contributed by atoms with van der Waals surface area (Å²) in [6.45, 7) is 3.76. The van der Waals surface area contributed by atoms with Crippen molar-refractivity contribution < 1.29 is 18.0 Å². The predicted molar refractivity (Wildman–Crippen MR) is 78.7 cm³/mol. The van der Waals surface area contributed by atoms with Crippen LogP contribution in [-0.2, 0) is 0 Å². The molecule has 0 radical (unpaired) electrons. The number of amides is 1. The van der Waals surface area contributed by atoms with E-state index in [0.717, 1.165) is 12.0 Å². The Morgan fingerprint density at radius 1 is 1.41 bits per heavy atom. The predicted octanol–water partition coefficient (Wildman–Crippen LogP) is 3.00. The van der Waals surface area contributed by atoms with Crippen LogP contribution in [0.3, 0.4) is 0 Å². The van der Waals surface area contributed by atoms with Gasteiger partial charge in [0.25, 0.3) is 5.91 Å². The minimum Gasteiger partial charge on any atom is -0.352 e. The van der Waals surface area contributed by atoms with Gasteiger partial charge in [0.2, 0.25) is 0 Å². The van der Waals surface area contributed by atoms with Crippen molar-refractivity contribution in [3.05, 3.63) is 35.4 Å². The molecule has 1 aliphatic rings. The normalized spacial score (nSPS) is 19.4. The molecule has 1 atom stereocenters. The summed E-state index contributed by atoms with van der Waals surface area (Å²) >= 11 is 0. The van der Waals surface area contributed by atoms with Crippen LogP contribution in [0.4, 0.5) is 13.2 Å². The van der Waals surface area contributed by atoms with Gasteiger partial charge in [0.1, 0.15) is 0 Å². The van der Waals surface area contributed by atoms with Gasteiger partial charge in [0, 0.05) is 25.2 Å². The van der Waals surface area contributed by atoms with Crippen LogP contribution in [0.5, 0.6) is 0 Å². The highest BCUT2D eigenvalue weighted by Crippen LogP contribution is 2.22. The summed E-state index contributed by atoms with van der Waals surface area (Å²) in [7, 11) is 0. The maximum Gasteiger partial charge on any atom is 0.390 e. The summed E-state index contributed by atoms with van der Waals surface area (Å²) in [5.41, 5.74) is 1.64. The van der Waals surface area contributed by atoms with Crippen molar-refractivity contribution in [2.75, 3.05) is 26.2 Å². The molecule has 1 fully saturated rings. The molecule has 0 bridgehead atoms. The van der Waals surface area contributed by atoms with Gasteiger partial charge in [0.05, 0.1) is 6.42 Å².